The van der Waals surface area contributed by atoms with Gasteiger partial charge in [0.2, 0.25) is 0 Å². The normalized spacial score (nSPS) is 11.9. The average molecular weight is 475 g/mol. The molecule has 1 aliphatic carbocycles. The molecule has 8 nitrogen and oxygen atoms in total. The van der Waals surface area contributed by atoms with Crippen LogP contribution in [0, 0.1) is 6.92 Å². The Labute approximate surface area is 202 Å². The predicted octanol–water partition coefficient (Wildman–Crippen LogP) is 3.88. The number of fused-ring (bicyclic) bond motifs is 3. The van der Waals surface area contributed by atoms with Crippen LogP contribution in [0.4, 0.5) is 10.5 Å². The number of carboxylic acid groups (broad SMARTS) is 1. The molecular formula is C27H26N2O6. The molecule has 0 bridgehead atoms. The van der Waals surface area contributed by atoms with Crippen LogP contribution in [-0.2, 0) is 9.53 Å². The van der Waals surface area contributed by atoms with Gasteiger partial charge in [-0.05, 0) is 41.3 Å². The fourth-order valence-electron chi connectivity index (χ4n) is 4.40. The molecule has 0 saturated carbocycles. The molecule has 4 rings (SSSR count). The minimum Gasteiger partial charge on any atom is -0.480 e. The fourth-order valence-corrected chi connectivity index (χ4v) is 4.40. The predicted molar refractivity (Wildman–Crippen MR) is 130 cm³/mol. The van der Waals surface area contributed by atoms with E-state index in [-0.39, 0.29) is 36.9 Å². The number of anilines is 1. The molecule has 2 amide bonds. The van der Waals surface area contributed by atoms with Gasteiger partial charge in [-0.3, -0.25) is 14.9 Å². The first-order valence-corrected chi connectivity index (χ1v) is 11.2. The summed E-state index contributed by atoms with van der Waals surface area (Å²) in [5.74, 6) is -1.92. The van der Waals surface area contributed by atoms with Crippen molar-refractivity contribution in [2.45, 2.75) is 12.8 Å². The molecule has 8 heteroatoms. The molecule has 3 aromatic rings. The van der Waals surface area contributed by atoms with E-state index >= 15 is 0 Å². The molecule has 1 aliphatic rings. The third kappa shape index (κ3) is 5.17. The molecule has 0 spiro atoms. The fraction of sp³-hybridized carbons (Fsp3) is 0.222. The number of aliphatic carboxylic acids is 1. The first-order valence-electron chi connectivity index (χ1n) is 11.2. The summed E-state index contributed by atoms with van der Waals surface area (Å²) in [5.41, 5.74) is 5.48. The Balaban J connectivity index is 1.50. The Morgan fingerprint density at radius 3 is 2.20 bits per heavy atom. The maximum Gasteiger partial charge on any atom is 0.411 e. The number of carbonyl (C=O) groups excluding carboxylic acids is 2. The van der Waals surface area contributed by atoms with E-state index < -0.39 is 24.5 Å². The van der Waals surface area contributed by atoms with Gasteiger partial charge < -0.3 is 19.8 Å². The van der Waals surface area contributed by atoms with Crippen LogP contribution in [0.3, 0.4) is 0 Å². The molecule has 0 heterocycles. The first-order chi connectivity index (χ1) is 16.9. The van der Waals surface area contributed by atoms with E-state index in [9.17, 15) is 19.5 Å². The Morgan fingerprint density at radius 2 is 1.60 bits per heavy atom. The minimum atomic E-state index is -1.20. The van der Waals surface area contributed by atoms with E-state index in [1.165, 1.54) is 0 Å². The molecule has 0 radical (unpaired) electrons. The van der Waals surface area contributed by atoms with Crippen molar-refractivity contribution in [3.63, 3.8) is 0 Å². The second-order valence-corrected chi connectivity index (χ2v) is 8.34. The zero-order valence-electron chi connectivity index (χ0n) is 19.2. The lowest BCUT2D eigenvalue weighted by atomic mass is 9.98. The van der Waals surface area contributed by atoms with Crippen molar-refractivity contribution < 1.29 is 29.3 Å². The van der Waals surface area contributed by atoms with Crippen molar-refractivity contribution in [2.24, 2.45) is 0 Å². The van der Waals surface area contributed by atoms with Crippen LogP contribution in [0.5, 0.6) is 0 Å². The van der Waals surface area contributed by atoms with Gasteiger partial charge >= 0.3 is 12.1 Å². The number of benzene rings is 3. The highest BCUT2D eigenvalue weighted by molar-refractivity contribution is 6.03. The number of nitrogens with zero attached hydrogens (tertiary/aromatic N) is 1. The molecule has 0 unspecified atom stereocenters. The van der Waals surface area contributed by atoms with Gasteiger partial charge in [0.15, 0.2) is 0 Å². The monoisotopic (exact) mass is 474 g/mol. The summed E-state index contributed by atoms with van der Waals surface area (Å²) in [5, 5.41) is 21.0. The van der Waals surface area contributed by atoms with Gasteiger partial charge in [0.05, 0.1) is 17.9 Å². The first kappa shape index (κ1) is 24.0. The quantitative estimate of drug-likeness (QED) is 0.456. The molecule has 0 saturated heterocycles. The van der Waals surface area contributed by atoms with Crippen molar-refractivity contribution in [2.75, 3.05) is 31.6 Å². The van der Waals surface area contributed by atoms with E-state index in [0.29, 0.717) is 0 Å². The van der Waals surface area contributed by atoms with E-state index in [1.807, 2.05) is 48.5 Å². The Hall–Kier alpha value is -4.17. The maximum atomic E-state index is 13.0. The van der Waals surface area contributed by atoms with Gasteiger partial charge in [0.25, 0.3) is 5.91 Å². The van der Waals surface area contributed by atoms with Crippen LogP contribution in [-0.4, -0.2) is 59.4 Å². The summed E-state index contributed by atoms with van der Waals surface area (Å²) in [6.45, 7) is 0.785. The number of ether oxygens (including phenoxy) is 1. The van der Waals surface area contributed by atoms with Crippen molar-refractivity contribution in [1.29, 1.82) is 0 Å². The highest BCUT2D eigenvalue weighted by atomic mass is 16.5. The Bertz CT molecular complexity index is 1230. The molecule has 180 valence electrons. The summed E-state index contributed by atoms with van der Waals surface area (Å²) in [4.78, 5) is 37.9. The van der Waals surface area contributed by atoms with E-state index in [2.05, 4.69) is 5.32 Å². The zero-order chi connectivity index (χ0) is 24.9. The molecule has 3 N–H and O–H groups in total. The number of aliphatic hydroxyl groups excluding tert-OH is 1. The Morgan fingerprint density at radius 1 is 0.971 bits per heavy atom. The third-order valence-corrected chi connectivity index (χ3v) is 5.97. The van der Waals surface area contributed by atoms with Crippen molar-refractivity contribution >= 4 is 23.7 Å². The summed E-state index contributed by atoms with van der Waals surface area (Å²) in [7, 11) is 0. The smallest absolute Gasteiger partial charge is 0.411 e. The summed E-state index contributed by atoms with van der Waals surface area (Å²) in [6.07, 6.45) is -0.725. The number of hydrogen-bond donors (Lipinski definition) is 3. The van der Waals surface area contributed by atoms with Gasteiger partial charge in [-0.25, -0.2) is 4.79 Å². The van der Waals surface area contributed by atoms with Crippen LogP contribution in [0.25, 0.3) is 11.1 Å². The number of aliphatic hydroxyl groups is 1. The van der Waals surface area contributed by atoms with E-state index in [1.54, 1.807) is 25.1 Å². The molecule has 35 heavy (non-hydrogen) atoms. The van der Waals surface area contributed by atoms with Crippen molar-refractivity contribution in [3.8, 4) is 11.1 Å². The lowest BCUT2D eigenvalue weighted by Gasteiger charge is -2.22. The van der Waals surface area contributed by atoms with Crippen LogP contribution < -0.4 is 5.32 Å². The number of aryl methyl sites for hydroxylation is 1. The summed E-state index contributed by atoms with van der Waals surface area (Å²) >= 11 is 0. The number of carbonyl (C=O) groups is 3. The van der Waals surface area contributed by atoms with Gasteiger partial charge in [-0.15, -0.1) is 0 Å². The summed E-state index contributed by atoms with van der Waals surface area (Å²) < 4.78 is 5.57. The highest BCUT2D eigenvalue weighted by Crippen LogP contribution is 2.44. The maximum absolute atomic E-state index is 13.0. The van der Waals surface area contributed by atoms with Crippen LogP contribution in [0.2, 0.25) is 0 Å². The third-order valence-electron chi connectivity index (χ3n) is 5.97. The molecule has 0 aliphatic heterocycles. The van der Waals surface area contributed by atoms with Crippen LogP contribution >= 0.6 is 0 Å². The second-order valence-electron chi connectivity index (χ2n) is 8.34. The van der Waals surface area contributed by atoms with Gasteiger partial charge in [0.1, 0.15) is 13.2 Å². The lowest BCUT2D eigenvalue weighted by Crippen LogP contribution is -2.38. The number of carboxylic acids is 1. The number of rotatable bonds is 8. The number of hydrogen-bond acceptors (Lipinski definition) is 5. The molecule has 0 fully saturated rings. The van der Waals surface area contributed by atoms with Crippen LogP contribution in [0.15, 0.2) is 66.7 Å². The van der Waals surface area contributed by atoms with Crippen LogP contribution in [0.1, 0.15) is 33.0 Å². The molecule has 0 aromatic heterocycles. The van der Waals surface area contributed by atoms with Crippen molar-refractivity contribution in [1.82, 2.24) is 4.90 Å². The van der Waals surface area contributed by atoms with E-state index in [0.717, 1.165) is 32.7 Å². The topological polar surface area (TPSA) is 116 Å². The molecule has 0 atom stereocenters. The molecule has 3 aromatic carbocycles. The van der Waals surface area contributed by atoms with Crippen molar-refractivity contribution in [3.05, 3.63) is 89.0 Å². The summed E-state index contributed by atoms with van der Waals surface area (Å²) in [6, 6.07) is 20.9. The van der Waals surface area contributed by atoms with Gasteiger partial charge in [-0.2, -0.15) is 0 Å². The molecular weight excluding hydrogens is 448 g/mol. The number of nitrogens with one attached hydrogen (secondary N) is 1. The second kappa shape index (κ2) is 10.4. The van der Waals surface area contributed by atoms with Gasteiger partial charge in [-0.1, -0.05) is 60.2 Å². The standard InChI is InChI=1S/C27H26N2O6/c1-17-10-11-24(22(14-17)26(33)29(12-13-30)15-25(31)32)28-27(34)35-16-23-20-8-4-2-6-18(20)19-7-3-5-9-21(19)23/h2-11,14,23,30H,12-13,15-16H2,1H3,(H,28,34)(H,31,32). The lowest BCUT2D eigenvalue weighted by molar-refractivity contribution is -0.137. The average Bonchev–Trinajstić information content (AvgIpc) is 3.16. The number of amides is 2. The Kier molecular flexibility index (Phi) is 7.12. The largest absolute Gasteiger partial charge is 0.480 e. The van der Waals surface area contributed by atoms with Gasteiger partial charge in [0, 0.05) is 12.5 Å². The SMILES string of the molecule is Cc1ccc(NC(=O)OCC2c3ccccc3-c3ccccc32)c(C(=O)N(CCO)CC(=O)O)c1. The van der Waals surface area contributed by atoms with E-state index in [4.69, 9.17) is 9.84 Å². The highest BCUT2D eigenvalue weighted by Gasteiger charge is 2.29. The minimum absolute atomic E-state index is 0.108. The zero-order valence-corrected chi connectivity index (χ0v) is 19.2.